The van der Waals surface area contributed by atoms with Gasteiger partial charge in [-0.3, -0.25) is 4.68 Å². The number of aryl methyl sites for hydroxylation is 1. The van der Waals surface area contributed by atoms with Gasteiger partial charge in [-0.05, 0) is 19.9 Å². The largest absolute Gasteiger partial charge is 0.314 e. The van der Waals surface area contributed by atoms with Crippen LogP contribution in [0.3, 0.4) is 0 Å². The molecule has 1 aromatic heterocycles. The van der Waals surface area contributed by atoms with Crippen LogP contribution in [0.15, 0.2) is 6.20 Å². The van der Waals surface area contributed by atoms with Crippen molar-refractivity contribution in [3.8, 4) is 0 Å². The van der Waals surface area contributed by atoms with Crippen LogP contribution in [0, 0.1) is 6.92 Å². The van der Waals surface area contributed by atoms with Crippen LogP contribution in [0.5, 0.6) is 0 Å². The molecule has 2 N–H and O–H groups in total. The minimum absolute atomic E-state index is 0.145. The van der Waals surface area contributed by atoms with Crippen LogP contribution in [0.1, 0.15) is 31.5 Å². The summed E-state index contributed by atoms with van der Waals surface area (Å²) >= 11 is 0. The molecule has 110 valence electrons. The molecule has 19 heavy (non-hydrogen) atoms. The summed E-state index contributed by atoms with van der Waals surface area (Å²) in [6.45, 7) is 7.02. The molecule has 1 rings (SSSR count). The van der Waals surface area contributed by atoms with Crippen LogP contribution < -0.4 is 10.0 Å². The summed E-state index contributed by atoms with van der Waals surface area (Å²) in [4.78, 5) is 0. The molecule has 0 aliphatic carbocycles. The first-order valence-electron chi connectivity index (χ1n) is 6.50. The number of hydrogen-bond acceptors (Lipinski definition) is 4. The molecule has 0 aliphatic heterocycles. The first-order chi connectivity index (χ1) is 8.82. The molecule has 0 saturated carbocycles. The van der Waals surface area contributed by atoms with E-state index in [1.165, 1.54) is 0 Å². The van der Waals surface area contributed by atoms with Crippen LogP contribution in [0.2, 0.25) is 0 Å². The SMILES string of the molecule is Cc1c(CNS(=O)(=O)CCCNC(C)C)cnn1C. The fourth-order valence-corrected chi connectivity index (χ4v) is 2.67. The molecular formula is C12H24N4O2S. The normalized spacial score (nSPS) is 12.3. The highest BCUT2D eigenvalue weighted by atomic mass is 32.2. The molecule has 0 fully saturated rings. The van der Waals surface area contributed by atoms with Crippen molar-refractivity contribution in [1.82, 2.24) is 19.8 Å². The fourth-order valence-electron chi connectivity index (χ4n) is 1.63. The quantitative estimate of drug-likeness (QED) is 0.684. The lowest BCUT2D eigenvalue weighted by Gasteiger charge is -2.09. The van der Waals surface area contributed by atoms with E-state index in [2.05, 4.69) is 15.1 Å². The number of nitrogens with one attached hydrogen (secondary N) is 2. The molecule has 1 heterocycles. The molecule has 0 atom stereocenters. The van der Waals surface area contributed by atoms with Crippen LogP contribution >= 0.6 is 0 Å². The van der Waals surface area contributed by atoms with E-state index in [1.807, 2.05) is 27.8 Å². The van der Waals surface area contributed by atoms with E-state index in [0.717, 1.165) is 11.3 Å². The van der Waals surface area contributed by atoms with E-state index < -0.39 is 10.0 Å². The summed E-state index contributed by atoms with van der Waals surface area (Å²) < 4.78 is 27.9. The van der Waals surface area contributed by atoms with Crippen LogP contribution in [0.25, 0.3) is 0 Å². The average Bonchev–Trinajstić information content (AvgIpc) is 2.63. The van der Waals surface area contributed by atoms with Crippen LogP contribution in [-0.2, 0) is 23.6 Å². The zero-order valence-corrected chi connectivity index (χ0v) is 12.9. The van der Waals surface area contributed by atoms with Crippen molar-refractivity contribution in [3.63, 3.8) is 0 Å². The lowest BCUT2D eigenvalue weighted by molar-refractivity contribution is 0.560. The predicted molar refractivity (Wildman–Crippen MR) is 76.3 cm³/mol. The van der Waals surface area contributed by atoms with Crippen molar-refractivity contribution >= 4 is 10.0 Å². The third-order valence-corrected chi connectivity index (χ3v) is 4.37. The third-order valence-electron chi connectivity index (χ3n) is 2.96. The standard InChI is InChI=1S/C12H24N4O2S/c1-10(2)13-6-5-7-19(17,18)15-9-12-8-14-16(4)11(12)3/h8,10,13,15H,5-7,9H2,1-4H3. The zero-order valence-electron chi connectivity index (χ0n) is 12.1. The minimum Gasteiger partial charge on any atom is -0.314 e. The van der Waals surface area contributed by atoms with Crippen molar-refractivity contribution in [3.05, 3.63) is 17.5 Å². The van der Waals surface area contributed by atoms with Crippen molar-refractivity contribution in [1.29, 1.82) is 0 Å². The number of hydrogen-bond donors (Lipinski definition) is 2. The van der Waals surface area contributed by atoms with Gasteiger partial charge in [0.2, 0.25) is 10.0 Å². The Bertz CT molecular complexity index is 494. The van der Waals surface area contributed by atoms with Crippen LogP contribution in [-0.4, -0.2) is 36.5 Å². The molecule has 0 amide bonds. The highest BCUT2D eigenvalue weighted by molar-refractivity contribution is 7.89. The lowest BCUT2D eigenvalue weighted by atomic mass is 10.3. The molecule has 0 radical (unpaired) electrons. The molecule has 0 aromatic carbocycles. The summed E-state index contributed by atoms with van der Waals surface area (Å²) in [5.41, 5.74) is 1.88. The third kappa shape index (κ3) is 5.71. The van der Waals surface area contributed by atoms with Crippen LogP contribution in [0.4, 0.5) is 0 Å². The van der Waals surface area contributed by atoms with E-state index in [-0.39, 0.29) is 5.75 Å². The van der Waals surface area contributed by atoms with Gasteiger partial charge < -0.3 is 5.32 Å². The first-order valence-corrected chi connectivity index (χ1v) is 8.15. The van der Waals surface area contributed by atoms with Crippen molar-refractivity contribution in [2.24, 2.45) is 7.05 Å². The van der Waals surface area contributed by atoms with Gasteiger partial charge in [-0.25, -0.2) is 13.1 Å². The zero-order chi connectivity index (χ0) is 14.5. The van der Waals surface area contributed by atoms with Crippen molar-refractivity contribution in [2.45, 2.75) is 39.8 Å². The fraction of sp³-hybridized carbons (Fsp3) is 0.750. The Labute approximate surface area is 115 Å². The summed E-state index contributed by atoms with van der Waals surface area (Å²) in [7, 11) is -1.37. The Morgan fingerprint density at radius 3 is 2.63 bits per heavy atom. The number of rotatable bonds is 8. The predicted octanol–water partition coefficient (Wildman–Crippen LogP) is 0.536. The molecule has 0 aliphatic rings. The molecule has 7 heteroatoms. The second-order valence-electron chi connectivity index (χ2n) is 4.98. The summed E-state index contributed by atoms with van der Waals surface area (Å²) in [6, 6.07) is 0.383. The minimum atomic E-state index is -3.21. The topological polar surface area (TPSA) is 76.0 Å². The maximum absolute atomic E-state index is 11.8. The van der Waals surface area contributed by atoms with E-state index in [9.17, 15) is 8.42 Å². The van der Waals surface area contributed by atoms with E-state index in [0.29, 0.717) is 25.6 Å². The van der Waals surface area contributed by atoms with Gasteiger partial charge in [0.05, 0.1) is 11.9 Å². The van der Waals surface area contributed by atoms with Gasteiger partial charge in [-0.15, -0.1) is 0 Å². The average molecular weight is 288 g/mol. The summed E-state index contributed by atoms with van der Waals surface area (Å²) in [6.07, 6.45) is 2.30. The number of sulfonamides is 1. The smallest absolute Gasteiger partial charge is 0.211 e. The van der Waals surface area contributed by atoms with E-state index in [4.69, 9.17) is 0 Å². The molecule has 1 aromatic rings. The van der Waals surface area contributed by atoms with Gasteiger partial charge in [0.15, 0.2) is 0 Å². The molecule has 0 unspecified atom stereocenters. The summed E-state index contributed by atoms with van der Waals surface area (Å²) in [5.74, 6) is 0.145. The monoisotopic (exact) mass is 288 g/mol. The van der Waals surface area contributed by atoms with Gasteiger partial charge in [-0.2, -0.15) is 5.10 Å². The second-order valence-corrected chi connectivity index (χ2v) is 6.91. The first kappa shape index (κ1) is 16.1. The van der Waals surface area contributed by atoms with Crippen molar-refractivity contribution in [2.75, 3.05) is 12.3 Å². The molecular weight excluding hydrogens is 264 g/mol. The number of aromatic nitrogens is 2. The molecule has 0 bridgehead atoms. The van der Waals surface area contributed by atoms with Gasteiger partial charge in [-0.1, -0.05) is 13.8 Å². The molecule has 0 spiro atoms. The summed E-state index contributed by atoms with van der Waals surface area (Å²) in [5, 5.41) is 7.28. The van der Waals surface area contributed by atoms with E-state index in [1.54, 1.807) is 10.9 Å². The highest BCUT2D eigenvalue weighted by Crippen LogP contribution is 2.05. The lowest BCUT2D eigenvalue weighted by Crippen LogP contribution is -2.30. The van der Waals surface area contributed by atoms with Gasteiger partial charge in [0, 0.05) is 30.9 Å². The van der Waals surface area contributed by atoms with E-state index >= 15 is 0 Å². The Balaban J connectivity index is 2.37. The number of nitrogens with zero attached hydrogens (tertiary/aromatic N) is 2. The Morgan fingerprint density at radius 1 is 1.42 bits per heavy atom. The van der Waals surface area contributed by atoms with Crippen molar-refractivity contribution < 1.29 is 8.42 Å². The molecule has 6 nitrogen and oxygen atoms in total. The van der Waals surface area contributed by atoms with Gasteiger partial charge in [0.25, 0.3) is 0 Å². The Morgan fingerprint density at radius 2 is 2.11 bits per heavy atom. The van der Waals surface area contributed by atoms with Gasteiger partial charge >= 0.3 is 0 Å². The second kappa shape index (κ2) is 7.02. The Hall–Kier alpha value is -0.920. The molecule has 0 saturated heterocycles. The van der Waals surface area contributed by atoms with Gasteiger partial charge in [0.1, 0.15) is 0 Å². The highest BCUT2D eigenvalue weighted by Gasteiger charge is 2.11. The maximum Gasteiger partial charge on any atom is 0.211 e. The Kier molecular flexibility index (Phi) is 5.96. The maximum atomic E-state index is 11.8.